The highest BCUT2D eigenvalue weighted by Gasteiger charge is 2.23. The number of aliphatic hydroxyl groups excluding tert-OH is 1. The van der Waals surface area contributed by atoms with Crippen LogP contribution < -0.4 is 10.6 Å². The monoisotopic (exact) mass is 282 g/mol. The van der Waals surface area contributed by atoms with E-state index >= 15 is 0 Å². The molecule has 0 fully saturated rings. The molecule has 2 amide bonds. The number of hydrogen-bond donors (Lipinski definition) is 3. The van der Waals surface area contributed by atoms with Crippen molar-refractivity contribution in [1.82, 2.24) is 20.4 Å². The fourth-order valence-corrected chi connectivity index (χ4v) is 1.95. The predicted molar refractivity (Wildman–Crippen MR) is 78.3 cm³/mol. The number of carbonyl (C=O) groups excluding carboxylic acids is 1. The summed E-state index contributed by atoms with van der Waals surface area (Å²) >= 11 is 0. The molecule has 0 bridgehead atoms. The Kier molecular flexibility index (Phi) is 6.51. The summed E-state index contributed by atoms with van der Waals surface area (Å²) in [6, 6.07) is 1.70. The van der Waals surface area contributed by atoms with Crippen LogP contribution in [0.4, 0.5) is 4.79 Å². The predicted octanol–water partition coefficient (Wildman–Crippen LogP) is 1.37. The van der Waals surface area contributed by atoms with Crippen LogP contribution in [-0.2, 0) is 6.54 Å². The van der Waals surface area contributed by atoms with Crippen LogP contribution in [0, 0.1) is 5.92 Å². The van der Waals surface area contributed by atoms with Crippen LogP contribution in [0.1, 0.15) is 33.6 Å². The second kappa shape index (κ2) is 7.89. The van der Waals surface area contributed by atoms with Gasteiger partial charge in [0, 0.05) is 37.6 Å². The van der Waals surface area contributed by atoms with Crippen LogP contribution in [0.5, 0.6) is 0 Å². The Labute approximate surface area is 120 Å². The summed E-state index contributed by atoms with van der Waals surface area (Å²) in [5, 5.41) is 19.0. The van der Waals surface area contributed by atoms with Crippen LogP contribution in [0.3, 0.4) is 0 Å². The molecule has 0 radical (unpaired) electrons. The first-order valence-corrected chi connectivity index (χ1v) is 7.13. The molecule has 114 valence electrons. The van der Waals surface area contributed by atoms with Crippen LogP contribution >= 0.6 is 0 Å². The van der Waals surface area contributed by atoms with Crippen LogP contribution in [-0.4, -0.2) is 39.6 Å². The van der Waals surface area contributed by atoms with Crippen LogP contribution in [0.15, 0.2) is 18.5 Å². The molecule has 0 saturated carbocycles. The Morgan fingerprint density at radius 3 is 2.85 bits per heavy atom. The number of aliphatic hydroxyl groups is 1. The second-order valence-electron chi connectivity index (χ2n) is 5.56. The van der Waals surface area contributed by atoms with Crippen LogP contribution in [0.25, 0.3) is 0 Å². The van der Waals surface area contributed by atoms with Crippen molar-refractivity contribution in [3.63, 3.8) is 0 Å². The fourth-order valence-electron chi connectivity index (χ4n) is 1.95. The summed E-state index contributed by atoms with van der Waals surface area (Å²) < 4.78 is 1.85. The minimum atomic E-state index is -0.357. The number of aromatic nitrogens is 2. The molecule has 0 spiro atoms. The minimum absolute atomic E-state index is 0.0698. The van der Waals surface area contributed by atoms with Crippen molar-refractivity contribution < 1.29 is 9.90 Å². The van der Waals surface area contributed by atoms with Gasteiger partial charge < -0.3 is 15.7 Å². The highest BCUT2D eigenvalue weighted by molar-refractivity contribution is 5.74. The Balaban J connectivity index is 2.31. The summed E-state index contributed by atoms with van der Waals surface area (Å²) in [7, 11) is 0. The normalized spacial score (nSPS) is 15.4. The zero-order valence-corrected chi connectivity index (χ0v) is 12.6. The lowest BCUT2D eigenvalue weighted by Gasteiger charge is -2.29. The average molecular weight is 282 g/mol. The molecule has 6 nitrogen and oxygen atoms in total. The molecule has 0 saturated heterocycles. The standard InChI is InChI=1S/C14H26N4O2/c1-4-14(3,6-9-19)17-13(20)15-10-12(2)11-18-8-5-7-16-18/h5,7-8,12,19H,4,6,9-11H2,1-3H3,(H2,15,17,20). The van der Waals surface area contributed by atoms with Crippen LogP contribution in [0.2, 0.25) is 0 Å². The zero-order chi connectivity index (χ0) is 15.0. The molecule has 6 heteroatoms. The molecule has 1 aromatic rings. The minimum Gasteiger partial charge on any atom is -0.396 e. The number of hydrogen-bond acceptors (Lipinski definition) is 3. The Bertz CT molecular complexity index is 394. The molecular formula is C14H26N4O2. The molecule has 2 atom stereocenters. The van der Waals surface area contributed by atoms with Gasteiger partial charge in [-0.1, -0.05) is 13.8 Å². The smallest absolute Gasteiger partial charge is 0.315 e. The molecule has 3 N–H and O–H groups in total. The molecule has 0 aliphatic carbocycles. The first-order chi connectivity index (χ1) is 9.49. The summed E-state index contributed by atoms with van der Waals surface area (Å²) in [5.41, 5.74) is -0.357. The second-order valence-corrected chi connectivity index (χ2v) is 5.56. The van der Waals surface area contributed by atoms with Gasteiger partial charge in [-0.05, 0) is 31.7 Å². The lowest BCUT2D eigenvalue weighted by atomic mass is 9.95. The number of rotatable bonds is 8. The molecule has 0 aliphatic heterocycles. The highest BCUT2D eigenvalue weighted by Crippen LogP contribution is 2.13. The maximum absolute atomic E-state index is 11.9. The van der Waals surface area contributed by atoms with Crippen molar-refractivity contribution in [1.29, 1.82) is 0 Å². The lowest BCUT2D eigenvalue weighted by Crippen LogP contribution is -2.51. The van der Waals surface area contributed by atoms with E-state index in [1.165, 1.54) is 0 Å². The topological polar surface area (TPSA) is 79.2 Å². The number of amides is 2. The SMILES string of the molecule is CCC(C)(CCO)NC(=O)NCC(C)Cn1cccn1. The molecule has 1 aromatic heterocycles. The van der Waals surface area contributed by atoms with Gasteiger partial charge in [0.1, 0.15) is 0 Å². The summed E-state index contributed by atoms with van der Waals surface area (Å²) in [6.45, 7) is 7.43. The van der Waals surface area contributed by atoms with Crippen molar-refractivity contribution >= 4 is 6.03 Å². The van der Waals surface area contributed by atoms with Gasteiger partial charge in [-0.2, -0.15) is 5.10 Å². The maximum Gasteiger partial charge on any atom is 0.315 e. The van der Waals surface area contributed by atoms with E-state index in [1.54, 1.807) is 6.20 Å². The van der Waals surface area contributed by atoms with Crippen molar-refractivity contribution in [2.75, 3.05) is 13.2 Å². The van der Waals surface area contributed by atoms with Gasteiger partial charge in [0.15, 0.2) is 0 Å². The number of carbonyl (C=O) groups is 1. The van der Waals surface area contributed by atoms with Gasteiger partial charge in [-0.15, -0.1) is 0 Å². The van der Waals surface area contributed by atoms with E-state index in [-0.39, 0.29) is 18.2 Å². The van der Waals surface area contributed by atoms with Gasteiger partial charge in [0.05, 0.1) is 0 Å². The van der Waals surface area contributed by atoms with Gasteiger partial charge in [-0.25, -0.2) is 4.79 Å². The summed E-state index contributed by atoms with van der Waals surface area (Å²) in [4.78, 5) is 11.9. The number of nitrogens with one attached hydrogen (secondary N) is 2. The summed E-state index contributed by atoms with van der Waals surface area (Å²) in [5.74, 6) is 0.298. The maximum atomic E-state index is 11.9. The number of urea groups is 1. The third-order valence-corrected chi connectivity index (χ3v) is 3.53. The Morgan fingerprint density at radius 1 is 1.55 bits per heavy atom. The first kappa shape index (κ1) is 16.5. The van der Waals surface area contributed by atoms with Gasteiger partial charge in [-0.3, -0.25) is 4.68 Å². The van der Waals surface area contributed by atoms with E-state index in [9.17, 15) is 4.79 Å². The summed E-state index contributed by atoms with van der Waals surface area (Å²) in [6.07, 6.45) is 4.99. The Morgan fingerprint density at radius 2 is 2.30 bits per heavy atom. The number of nitrogens with zero attached hydrogens (tertiary/aromatic N) is 2. The van der Waals surface area contributed by atoms with Crippen molar-refractivity contribution in [3.05, 3.63) is 18.5 Å². The lowest BCUT2D eigenvalue weighted by molar-refractivity contribution is 0.199. The first-order valence-electron chi connectivity index (χ1n) is 7.13. The van der Waals surface area contributed by atoms with E-state index in [2.05, 4.69) is 22.7 Å². The molecule has 2 unspecified atom stereocenters. The fraction of sp³-hybridized carbons (Fsp3) is 0.714. The largest absolute Gasteiger partial charge is 0.396 e. The van der Waals surface area contributed by atoms with E-state index in [4.69, 9.17) is 5.11 Å². The van der Waals surface area contributed by atoms with Crippen molar-refractivity contribution in [2.45, 2.75) is 45.7 Å². The molecule has 0 aliphatic rings. The van der Waals surface area contributed by atoms with Gasteiger partial charge in [0.25, 0.3) is 0 Å². The van der Waals surface area contributed by atoms with Crippen molar-refractivity contribution in [2.24, 2.45) is 5.92 Å². The van der Waals surface area contributed by atoms with Gasteiger partial charge >= 0.3 is 6.03 Å². The molecular weight excluding hydrogens is 256 g/mol. The molecule has 1 heterocycles. The van der Waals surface area contributed by atoms with Gasteiger partial charge in [0.2, 0.25) is 0 Å². The highest BCUT2D eigenvalue weighted by atomic mass is 16.3. The van der Waals surface area contributed by atoms with E-state index in [0.29, 0.717) is 18.9 Å². The average Bonchev–Trinajstić information content (AvgIpc) is 2.89. The molecule has 20 heavy (non-hydrogen) atoms. The Hall–Kier alpha value is -1.56. The molecule has 0 aromatic carbocycles. The van der Waals surface area contributed by atoms with E-state index in [1.807, 2.05) is 30.8 Å². The molecule has 1 rings (SSSR count). The quantitative estimate of drug-likeness (QED) is 0.674. The van der Waals surface area contributed by atoms with Crippen molar-refractivity contribution in [3.8, 4) is 0 Å². The third kappa shape index (κ3) is 5.61. The third-order valence-electron chi connectivity index (χ3n) is 3.53. The van der Waals surface area contributed by atoms with E-state index < -0.39 is 0 Å². The van der Waals surface area contributed by atoms with E-state index in [0.717, 1.165) is 13.0 Å². The zero-order valence-electron chi connectivity index (χ0n) is 12.6.